The average Bonchev–Trinajstić information content (AvgIpc) is 2.55. The largest absolute Gasteiger partial charge is 0.375 e. The van der Waals surface area contributed by atoms with Crippen LogP contribution in [0.25, 0.3) is 0 Å². The number of benzene rings is 1. The number of morpholine rings is 1. The highest BCUT2D eigenvalue weighted by Gasteiger charge is 2.27. The molecule has 6 nitrogen and oxygen atoms in total. The molecular formula is C16H23ClN2O4S. The first-order valence-corrected chi connectivity index (χ1v) is 9.83. The predicted molar refractivity (Wildman–Crippen MR) is 92.9 cm³/mol. The number of hydrogen-bond acceptors (Lipinski definition) is 4. The van der Waals surface area contributed by atoms with Crippen molar-refractivity contribution in [3.8, 4) is 0 Å². The molecule has 8 heteroatoms. The maximum Gasteiger partial charge on any atom is 0.255 e. The lowest BCUT2D eigenvalue weighted by molar-refractivity contribution is -0.0124. The first kappa shape index (κ1) is 19.2. The van der Waals surface area contributed by atoms with Crippen LogP contribution in [0, 0.1) is 0 Å². The van der Waals surface area contributed by atoms with Crippen LogP contribution in [0.5, 0.6) is 0 Å². The number of carbonyl (C=O) groups is 1. The van der Waals surface area contributed by atoms with Gasteiger partial charge in [0.2, 0.25) is 10.0 Å². The van der Waals surface area contributed by atoms with Gasteiger partial charge >= 0.3 is 0 Å². The van der Waals surface area contributed by atoms with E-state index in [2.05, 4.69) is 0 Å². The van der Waals surface area contributed by atoms with Crippen LogP contribution in [0.15, 0.2) is 23.1 Å². The van der Waals surface area contributed by atoms with Crippen molar-refractivity contribution in [2.75, 3.05) is 32.8 Å². The Kier molecular flexibility index (Phi) is 6.25. The van der Waals surface area contributed by atoms with Gasteiger partial charge in [0, 0.05) is 26.2 Å². The zero-order valence-electron chi connectivity index (χ0n) is 14.2. The van der Waals surface area contributed by atoms with Crippen LogP contribution >= 0.6 is 11.6 Å². The van der Waals surface area contributed by atoms with Gasteiger partial charge in [-0.1, -0.05) is 25.4 Å². The molecule has 1 atom stereocenters. The average molecular weight is 375 g/mol. The van der Waals surface area contributed by atoms with Crippen molar-refractivity contribution in [1.82, 2.24) is 9.21 Å². The molecule has 0 aliphatic carbocycles. The number of rotatable bonds is 5. The minimum atomic E-state index is -3.64. The third-order valence-corrected chi connectivity index (χ3v) is 6.42. The lowest BCUT2D eigenvalue weighted by Gasteiger charge is -2.31. The molecule has 0 bridgehead atoms. The molecule has 1 saturated heterocycles. The van der Waals surface area contributed by atoms with Crippen LogP contribution in [-0.2, 0) is 14.8 Å². The summed E-state index contributed by atoms with van der Waals surface area (Å²) < 4.78 is 32.1. The van der Waals surface area contributed by atoms with Gasteiger partial charge in [0.25, 0.3) is 5.91 Å². The van der Waals surface area contributed by atoms with Gasteiger partial charge < -0.3 is 9.64 Å². The van der Waals surface area contributed by atoms with Crippen LogP contribution < -0.4 is 0 Å². The Morgan fingerprint density at radius 3 is 2.62 bits per heavy atom. The molecule has 0 spiro atoms. The molecule has 1 aliphatic rings. The van der Waals surface area contributed by atoms with E-state index >= 15 is 0 Å². The lowest BCUT2D eigenvalue weighted by atomic mass is 10.1. The standard InChI is InChI=1S/C16H23ClN2O4S/c1-4-19(5-2)24(21,22)13-6-7-15(17)14(10-13)16(20)18-8-9-23-12(3)11-18/h6-7,10,12H,4-5,8-9,11H2,1-3H3. The minimum absolute atomic E-state index is 0.0518. The smallest absolute Gasteiger partial charge is 0.255 e. The molecule has 0 saturated carbocycles. The van der Waals surface area contributed by atoms with Crippen molar-refractivity contribution in [1.29, 1.82) is 0 Å². The van der Waals surface area contributed by atoms with E-state index in [1.54, 1.807) is 18.7 Å². The summed E-state index contributed by atoms with van der Waals surface area (Å²) in [6, 6.07) is 4.28. The van der Waals surface area contributed by atoms with Gasteiger partial charge in [-0.05, 0) is 25.1 Å². The van der Waals surface area contributed by atoms with Crippen LogP contribution in [0.3, 0.4) is 0 Å². The Morgan fingerprint density at radius 1 is 1.38 bits per heavy atom. The summed E-state index contributed by atoms with van der Waals surface area (Å²) in [5.41, 5.74) is 0.207. The lowest BCUT2D eigenvalue weighted by Crippen LogP contribution is -2.44. The van der Waals surface area contributed by atoms with E-state index in [0.717, 1.165) is 0 Å². The highest BCUT2D eigenvalue weighted by molar-refractivity contribution is 7.89. The van der Waals surface area contributed by atoms with Crippen LogP contribution in [0.1, 0.15) is 31.1 Å². The third-order valence-electron chi connectivity index (χ3n) is 4.04. The number of amides is 1. The Labute approximate surface area is 148 Å². The third kappa shape index (κ3) is 3.91. The fraction of sp³-hybridized carbons (Fsp3) is 0.562. The maximum atomic E-state index is 12.7. The molecule has 24 heavy (non-hydrogen) atoms. The second kappa shape index (κ2) is 7.82. The quantitative estimate of drug-likeness (QED) is 0.792. The van der Waals surface area contributed by atoms with Gasteiger partial charge in [-0.3, -0.25) is 4.79 Å². The molecular weight excluding hydrogens is 352 g/mol. The second-order valence-corrected chi connectivity index (χ2v) is 8.01. The van der Waals surface area contributed by atoms with Crippen LogP contribution in [0.2, 0.25) is 5.02 Å². The van der Waals surface area contributed by atoms with Crippen molar-refractivity contribution < 1.29 is 17.9 Å². The van der Waals surface area contributed by atoms with Crippen molar-refractivity contribution >= 4 is 27.5 Å². The van der Waals surface area contributed by atoms with E-state index < -0.39 is 10.0 Å². The molecule has 0 N–H and O–H groups in total. The number of ether oxygens (including phenoxy) is 1. The molecule has 1 aliphatic heterocycles. The van der Waals surface area contributed by atoms with Gasteiger partial charge in [0.05, 0.1) is 28.2 Å². The van der Waals surface area contributed by atoms with Crippen molar-refractivity contribution in [2.45, 2.75) is 31.8 Å². The molecule has 2 rings (SSSR count). The number of carbonyl (C=O) groups excluding carboxylic acids is 1. The van der Waals surface area contributed by atoms with Gasteiger partial charge in [-0.15, -0.1) is 0 Å². The van der Waals surface area contributed by atoms with E-state index in [1.807, 2.05) is 6.92 Å². The molecule has 1 amide bonds. The normalized spacial score (nSPS) is 18.9. The summed E-state index contributed by atoms with van der Waals surface area (Å²) in [6.45, 7) is 7.56. The van der Waals surface area contributed by atoms with E-state index in [4.69, 9.17) is 16.3 Å². The van der Waals surface area contributed by atoms with Crippen molar-refractivity contribution in [3.63, 3.8) is 0 Å². The van der Waals surface area contributed by atoms with Crippen LogP contribution in [0.4, 0.5) is 0 Å². The highest BCUT2D eigenvalue weighted by Crippen LogP contribution is 2.25. The Balaban J connectivity index is 2.37. The highest BCUT2D eigenvalue weighted by atomic mass is 35.5. The summed E-state index contributed by atoms with van der Waals surface area (Å²) in [6.07, 6.45) is -0.0518. The summed E-state index contributed by atoms with van der Waals surface area (Å²) in [5, 5.41) is 0.248. The fourth-order valence-corrected chi connectivity index (χ4v) is 4.40. The van der Waals surface area contributed by atoms with E-state index in [9.17, 15) is 13.2 Å². The number of hydrogen-bond donors (Lipinski definition) is 0. The van der Waals surface area contributed by atoms with Crippen LogP contribution in [-0.4, -0.2) is 62.4 Å². The SMILES string of the molecule is CCN(CC)S(=O)(=O)c1ccc(Cl)c(C(=O)N2CCOC(C)C2)c1. The van der Waals surface area contributed by atoms with E-state index in [-0.39, 0.29) is 27.5 Å². The number of nitrogens with zero attached hydrogens (tertiary/aromatic N) is 2. The first-order chi connectivity index (χ1) is 11.3. The maximum absolute atomic E-state index is 12.7. The summed E-state index contributed by atoms with van der Waals surface area (Å²) in [4.78, 5) is 14.5. The molecule has 1 unspecified atom stereocenters. The fourth-order valence-electron chi connectivity index (χ4n) is 2.71. The van der Waals surface area contributed by atoms with Gasteiger partial charge in [-0.2, -0.15) is 4.31 Å². The first-order valence-electron chi connectivity index (χ1n) is 8.01. The zero-order chi connectivity index (χ0) is 17.9. The molecule has 0 aromatic heterocycles. The second-order valence-electron chi connectivity index (χ2n) is 5.66. The molecule has 1 aromatic carbocycles. The molecule has 134 valence electrons. The van der Waals surface area contributed by atoms with E-state index in [1.165, 1.54) is 22.5 Å². The Morgan fingerprint density at radius 2 is 2.04 bits per heavy atom. The van der Waals surface area contributed by atoms with Crippen molar-refractivity contribution in [3.05, 3.63) is 28.8 Å². The summed E-state index contributed by atoms with van der Waals surface area (Å²) in [5.74, 6) is -0.272. The predicted octanol–water partition coefficient (Wildman–Crippen LogP) is 2.23. The topological polar surface area (TPSA) is 66.9 Å². The summed E-state index contributed by atoms with van der Waals surface area (Å²) in [7, 11) is -3.64. The summed E-state index contributed by atoms with van der Waals surface area (Å²) >= 11 is 6.16. The molecule has 1 heterocycles. The zero-order valence-corrected chi connectivity index (χ0v) is 15.7. The number of sulfonamides is 1. The Hall–Kier alpha value is -1.15. The van der Waals surface area contributed by atoms with Gasteiger partial charge in [0.15, 0.2) is 0 Å². The van der Waals surface area contributed by atoms with Gasteiger partial charge in [0.1, 0.15) is 0 Å². The van der Waals surface area contributed by atoms with Gasteiger partial charge in [-0.25, -0.2) is 8.42 Å². The van der Waals surface area contributed by atoms with Crippen molar-refractivity contribution in [2.24, 2.45) is 0 Å². The molecule has 1 fully saturated rings. The Bertz CT molecular complexity index is 704. The van der Waals surface area contributed by atoms with E-state index in [0.29, 0.717) is 32.8 Å². The molecule has 1 aromatic rings. The molecule has 0 radical (unpaired) electrons. The minimum Gasteiger partial charge on any atom is -0.375 e. The monoisotopic (exact) mass is 374 g/mol. The number of halogens is 1.